The summed E-state index contributed by atoms with van der Waals surface area (Å²) in [5, 5.41) is 13.9. The van der Waals surface area contributed by atoms with Crippen molar-refractivity contribution in [3.05, 3.63) is 86.4 Å². The van der Waals surface area contributed by atoms with Gasteiger partial charge in [0.2, 0.25) is 11.9 Å². The van der Waals surface area contributed by atoms with Crippen LogP contribution in [0.3, 0.4) is 0 Å². The zero-order valence-corrected chi connectivity index (χ0v) is 35.1. The lowest BCUT2D eigenvalue weighted by Crippen LogP contribution is -2.49. The highest BCUT2D eigenvalue weighted by atomic mass is 32.1. The number of hydrogen-bond donors (Lipinski definition) is 4. The predicted molar refractivity (Wildman–Crippen MR) is 234 cm³/mol. The number of para-hydroxylation sites is 1. The molecule has 16 heteroatoms. The van der Waals surface area contributed by atoms with E-state index in [0.717, 1.165) is 99.6 Å². The molecule has 0 radical (unpaired) electrons. The standard InChI is InChI=1S/C43H53N11O4S/c1-27-34-25-47-42(50-39(34)54(31-12-6-7-13-31)41(58)38(27)29(3)55)49-36-17-16-32(24-46-36)53-22-20-52(21-23-53)26-37(56)45-19-11-5-10-18-44-35-15-9-8-14-33(35)40(57)51-43-48-28(2)30(4)59-43/h8-9,14-17,24-25,31,44H,5-7,10-13,18-23,26H2,1-4H3,(H,45,56)(H,48,51,57)(H,46,47,49,50). The summed E-state index contributed by atoms with van der Waals surface area (Å²) in [5.41, 5.74) is 4.36. The molecule has 1 aliphatic carbocycles. The largest absolute Gasteiger partial charge is 0.384 e. The zero-order valence-electron chi connectivity index (χ0n) is 34.3. The number of aryl methyl sites for hydroxylation is 3. The van der Waals surface area contributed by atoms with Crippen molar-refractivity contribution in [2.45, 2.75) is 78.7 Å². The molecule has 0 unspecified atom stereocenters. The average molecular weight is 820 g/mol. The summed E-state index contributed by atoms with van der Waals surface area (Å²) in [6.45, 7) is 11.9. The van der Waals surface area contributed by atoms with Gasteiger partial charge in [0.15, 0.2) is 10.9 Å². The first-order valence-corrected chi connectivity index (χ1v) is 21.4. The van der Waals surface area contributed by atoms with E-state index in [0.29, 0.717) is 52.1 Å². The van der Waals surface area contributed by atoms with Gasteiger partial charge in [0.05, 0.1) is 35.2 Å². The molecule has 15 nitrogen and oxygen atoms in total. The highest BCUT2D eigenvalue weighted by Gasteiger charge is 2.26. The monoisotopic (exact) mass is 819 g/mol. The van der Waals surface area contributed by atoms with Crippen LogP contribution in [-0.4, -0.2) is 92.8 Å². The van der Waals surface area contributed by atoms with E-state index in [2.05, 4.69) is 46.0 Å². The second-order valence-electron chi connectivity index (χ2n) is 15.4. The fraction of sp³-hybridized carbons (Fsp3) is 0.442. The average Bonchev–Trinajstić information content (AvgIpc) is 3.87. The number of aromatic nitrogens is 5. The first-order valence-electron chi connectivity index (χ1n) is 20.5. The van der Waals surface area contributed by atoms with E-state index in [9.17, 15) is 19.2 Å². The molecule has 0 atom stereocenters. The number of pyridine rings is 2. The Morgan fingerprint density at radius 2 is 1.64 bits per heavy atom. The van der Waals surface area contributed by atoms with Crippen molar-refractivity contribution in [1.29, 1.82) is 0 Å². The Hall–Kier alpha value is -5.74. The summed E-state index contributed by atoms with van der Waals surface area (Å²) >= 11 is 1.47. The highest BCUT2D eigenvalue weighted by molar-refractivity contribution is 7.15. The van der Waals surface area contributed by atoms with Crippen LogP contribution in [-0.2, 0) is 4.79 Å². The predicted octanol–water partition coefficient (Wildman–Crippen LogP) is 6.40. The molecule has 4 aromatic heterocycles. The topological polar surface area (TPSA) is 179 Å². The maximum absolute atomic E-state index is 13.6. The SMILES string of the molecule is CC(=O)c1c(C)c2cnc(Nc3ccc(N4CCN(CC(=O)NCCCCCNc5ccccc5C(=O)Nc5nc(C)c(C)s5)CC4)cn3)nc2n(C2CCCC2)c1=O. The van der Waals surface area contributed by atoms with E-state index in [-0.39, 0.29) is 34.8 Å². The Labute approximate surface area is 348 Å². The number of unbranched alkanes of at least 4 members (excludes halogenated alkanes) is 2. The summed E-state index contributed by atoms with van der Waals surface area (Å²) in [5.74, 6) is 0.514. The molecule has 0 spiro atoms. The van der Waals surface area contributed by atoms with Crippen molar-refractivity contribution in [1.82, 2.24) is 34.7 Å². The van der Waals surface area contributed by atoms with Crippen molar-refractivity contribution in [3.8, 4) is 0 Å². The Bertz CT molecular complexity index is 2340. The summed E-state index contributed by atoms with van der Waals surface area (Å²) in [4.78, 5) is 75.5. The number of Topliss-reactive ketones (excluding diaryl/α,β-unsaturated/α-hetero) is 1. The van der Waals surface area contributed by atoms with Gasteiger partial charge in [-0.05, 0) is 89.6 Å². The molecule has 1 aliphatic heterocycles. The third-order valence-electron chi connectivity index (χ3n) is 11.3. The number of amides is 2. The van der Waals surface area contributed by atoms with Crippen molar-refractivity contribution in [2.75, 3.05) is 66.7 Å². The van der Waals surface area contributed by atoms with Crippen LogP contribution in [0.25, 0.3) is 11.0 Å². The molecule has 1 saturated heterocycles. The maximum Gasteiger partial charge on any atom is 0.263 e. The fourth-order valence-corrected chi connectivity index (χ4v) is 8.71. The van der Waals surface area contributed by atoms with E-state index in [4.69, 9.17) is 4.98 Å². The van der Waals surface area contributed by atoms with Crippen LogP contribution in [0, 0.1) is 20.8 Å². The van der Waals surface area contributed by atoms with Gasteiger partial charge in [0, 0.05) is 67.5 Å². The first-order chi connectivity index (χ1) is 28.5. The second kappa shape index (κ2) is 18.9. The van der Waals surface area contributed by atoms with Gasteiger partial charge in [-0.1, -0.05) is 25.0 Å². The van der Waals surface area contributed by atoms with Crippen molar-refractivity contribution in [3.63, 3.8) is 0 Å². The Balaban J connectivity index is 0.820. The molecule has 0 bridgehead atoms. The van der Waals surface area contributed by atoms with Crippen LogP contribution >= 0.6 is 11.3 Å². The van der Waals surface area contributed by atoms with Gasteiger partial charge < -0.3 is 20.9 Å². The van der Waals surface area contributed by atoms with Crippen LogP contribution in [0.5, 0.6) is 0 Å². The van der Waals surface area contributed by atoms with Gasteiger partial charge in [-0.25, -0.2) is 15.0 Å². The van der Waals surface area contributed by atoms with E-state index in [1.54, 1.807) is 17.7 Å². The van der Waals surface area contributed by atoms with Crippen LogP contribution < -0.4 is 31.7 Å². The molecule has 310 valence electrons. The molecule has 59 heavy (non-hydrogen) atoms. The molecule has 7 rings (SSSR count). The van der Waals surface area contributed by atoms with Crippen LogP contribution in [0.15, 0.2) is 53.6 Å². The molecule has 1 aromatic carbocycles. The Kier molecular flexibility index (Phi) is 13.3. The minimum Gasteiger partial charge on any atom is -0.384 e. The minimum absolute atomic E-state index is 0.00608. The lowest BCUT2D eigenvalue weighted by Gasteiger charge is -2.35. The van der Waals surface area contributed by atoms with E-state index in [1.807, 2.05) is 56.4 Å². The Morgan fingerprint density at radius 1 is 0.881 bits per heavy atom. The first kappa shape index (κ1) is 41.4. The lowest BCUT2D eigenvalue weighted by atomic mass is 10.0. The molecule has 2 amide bonds. The van der Waals surface area contributed by atoms with Gasteiger partial charge in [-0.3, -0.25) is 34.0 Å². The van der Waals surface area contributed by atoms with E-state index in [1.165, 1.54) is 18.3 Å². The molecular formula is C43H53N11O4S. The molecule has 1 saturated carbocycles. The number of hydrogen-bond acceptors (Lipinski definition) is 13. The molecular weight excluding hydrogens is 767 g/mol. The quantitative estimate of drug-likeness (QED) is 0.0637. The molecule has 5 heterocycles. The number of benzene rings is 1. The fourth-order valence-electron chi connectivity index (χ4n) is 7.90. The molecule has 4 N–H and O–H groups in total. The molecule has 2 aliphatic rings. The van der Waals surface area contributed by atoms with Gasteiger partial charge >= 0.3 is 0 Å². The van der Waals surface area contributed by atoms with Crippen molar-refractivity contribution >= 4 is 68.2 Å². The molecule has 2 fully saturated rings. The Morgan fingerprint density at radius 3 is 2.36 bits per heavy atom. The number of nitrogens with zero attached hydrogens (tertiary/aromatic N) is 7. The maximum atomic E-state index is 13.6. The molecule has 5 aromatic rings. The van der Waals surface area contributed by atoms with Gasteiger partial charge in [-0.2, -0.15) is 4.98 Å². The summed E-state index contributed by atoms with van der Waals surface area (Å²) in [7, 11) is 0. The number of anilines is 5. The van der Waals surface area contributed by atoms with Gasteiger partial charge in [-0.15, -0.1) is 11.3 Å². The lowest BCUT2D eigenvalue weighted by molar-refractivity contribution is -0.122. The second-order valence-corrected chi connectivity index (χ2v) is 16.6. The van der Waals surface area contributed by atoms with E-state index < -0.39 is 0 Å². The number of nitrogens with one attached hydrogen (secondary N) is 4. The number of thiazole rings is 1. The number of fused-ring (bicyclic) bond motifs is 1. The number of piperazine rings is 1. The number of carbonyl (C=O) groups is 3. The highest BCUT2D eigenvalue weighted by Crippen LogP contribution is 2.32. The van der Waals surface area contributed by atoms with Gasteiger partial charge in [0.25, 0.3) is 11.5 Å². The van der Waals surface area contributed by atoms with Crippen LogP contribution in [0.2, 0.25) is 0 Å². The summed E-state index contributed by atoms with van der Waals surface area (Å²) in [6.07, 6.45) is 10.1. The number of ketones is 1. The van der Waals surface area contributed by atoms with Crippen molar-refractivity contribution in [2.24, 2.45) is 0 Å². The van der Waals surface area contributed by atoms with Gasteiger partial charge in [0.1, 0.15) is 11.5 Å². The minimum atomic E-state index is -0.278. The smallest absolute Gasteiger partial charge is 0.263 e. The zero-order chi connectivity index (χ0) is 41.5. The van der Waals surface area contributed by atoms with Crippen LogP contribution in [0.4, 0.5) is 28.3 Å². The third-order valence-corrected chi connectivity index (χ3v) is 12.2. The van der Waals surface area contributed by atoms with E-state index >= 15 is 0 Å². The number of carbonyl (C=O) groups excluding carboxylic acids is 3. The van der Waals surface area contributed by atoms with Crippen molar-refractivity contribution < 1.29 is 14.4 Å². The van der Waals surface area contributed by atoms with Crippen LogP contribution in [0.1, 0.15) is 94.8 Å². The number of rotatable bonds is 16. The normalized spacial score (nSPS) is 14.7. The summed E-state index contributed by atoms with van der Waals surface area (Å²) < 4.78 is 1.71. The summed E-state index contributed by atoms with van der Waals surface area (Å²) in [6, 6.07) is 11.4. The third kappa shape index (κ3) is 9.94.